The summed E-state index contributed by atoms with van der Waals surface area (Å²) in [5.41, 5.74) is 7.74. The van der Waals surface area contributed by atoms with Gasteiger partial charge >= 0.3 is 5.97 Å². The van der Waals surface area contributed by atoms with Crippen LogP contribution in [0, 0.1) is 0 Å². The number of nitrogens with one attached hydrogen (secondary N) is 6. The van der Waals surface area contributed by atoms with Crippen LogP contribution in [-0.2, 0) is 38.4 Å². The van der Waals surface area contributed by atoms with Crippen LogP contribution in [0.5, 0.6) is 0 Å². The number of aromatic nitrogens is 6. The van der Waals surface area contributed by atoms with Gasteiger partial charge in [0.25, 0.3) is 0 Å². The fourth-order valence-corrected chi connectivity index (χ4v) is 3.63. The maximum absolute atomic E-state index is 13.3. The number of H-pyrrole nitrogens is 3. The van der Waals surface area contributed by atoms with Gasteiger partial charge in [0.1, 0.15) is 18.1 Å². The third-order valence-corrected chi connectivity index (χ3v) is 5.72. The number of carboxylic acid groups (broad SMARTS) is 1. The molecule has 37 heavy (non-hydrogen) atoms. The van der Waals surface area contributed by atoms with Crippen molar-refractivity contribution in [2.24, 2.45) is 5.73 Å². The normalized spacial score (nSPS) is 14.2. The van der Waals surface area contributed by atoms with Gasteiger partial charge in [0.15, 0.2) is 0 Å². The zero-order valence-electron chi connectivity index (χ0n) is 19.5. The zero-order valence-corrected chi connectivity index (χ0v) is 20.4. The van der Waals surface area contributed by atoms with Crippen molar-refractivity contribution in [3.63, 3.8) is 0 Å². The summed E-state index contributed by atoms with van der Waals surface area (Å²) in [5, 5.41) is 16.9. The number of imidazole rings is 3. The van der Waals surface area contributed by atoms with Gasteiger partial charge in [0.2, 0.25) is 17.7 Å². The van der Waals surface area contributed by atoms with Gasteiger partial charge in [-0.3, -0.25) is 14.4 Å². The standard InChI is InChI=1S/C21H28N10O5S/c22-14(1-11-4-23-8-26-11)18(32)29-15(2-12-5-24-9-27-12)19(33)30-16(3-13-6-25-10-28-13)20(34)31-17(7-37)21(35)36/h4-6,8-10,14-17,37H,1-3,7,22H2,(H,23,26)(H,24,27)(H,25,28)(H,29,32)(H,30,33)(H,31,34)(H,35,36). The summed E-state index contributed by atoms with van der Waals surface area (Å²) in [5.74, 6) is -3.45. The van der Waals surface area contributed by atoms with Gasteiger partial charge in [-0.05, 0) is 0 Å². The van der Waals surface area contributed by atoms with Crippen LogP contribution in [0.1, 0.15) is 17.1 Å². The Kier molecular flexibility index (Phi) is 9.79. The van der Waals surface area contributed by atoms with Crippen molar-refractivity contribution in [3.05, 3.63) is 54.7 Å². The molecule has 16 heteroatoms. The Hall–Kier alpha value is -4.18. The number of hydrogen-bond acceptors (Lipinski definition) is 9. The van der Waals surface area contributed by atoms with E-state index in [0.717, 1.165) is 0 Å². The van der Waals surface area contributed by atoms with E-state index in [1.54, 1.807) is 0 Å². The highest BCUT2D eigenvalue weighted by atomic mass is 32.1. The highest BCUT2D eigenvalue weighted by molar-refractivity contribution is 7.80. The SMILES string of the molecule is NC(Cc1cnc[nH]1)C(=O)NC(Cc1cnc[nH]1)C(=O)NC(Cc1cnc[nH]1)C(=O)NC(CS)C(=O)O. The Balaban J connectivity index is 1.75. The van der Waals surface area contributed by atoms with E-state index in [9.17, 15) is 24.3 Å². The van der Waals surface area contributed by atoms with Crippen LogP contribution in [0.2, 0.25) is 0 Å². The van der Waals surface area contributed by atoms with Gasteiger partial charge in [0, 0.05) is 60.7 Å². The summed E-state index contributed by atoms with van der Waals surface area (Å²) in [4.78, 5) is 70.7. The zero-order chi connectivity index (χ0) is 26.8. The maximum atomic E-state index is 13.3. The Morgan fingerprint density at radius 1 is 0.757 bits per heavy atom. The molecule has 0 fully saturated rings. The molecule has 4 atom stereocenters. The van der Waals surface area contributed by atoms with Gasteiger partial charge in [0.05, 0.1) is 25.0 Å². The largest absolute Gasteiger partial charge is 0.480 e. The number of carboxylic acids is 1. The number of carbonyl (C=O) groups excluding carboxylic acids is 3. The van der Waals surface area contributed by atoms with Gasteiger partial charge < -0.3 is 41.7 Å². The number of hydrogen-bond donors (Lipinski definition) is 9. The number of carbonyl (C=O) groups is 4. The molecule has 15 nitrogen and oxygen atoms in total. The molecule has 4 unspecified atom stereocenters. The molecule has 0 aliphatic carbocycles. The van der Waals surface area contributed by atoms with Crippen molar-refractivity contribution in [1.82, 2.24) is 45.9 Å². The van der Waals surface area contributed by atoms with Crippen LogP contribution in [0.3, 0.4) is 0 Å². The number of rotatable bonds is 14. The Morgan fingerprint density at radius 2 is 1.16 bits per heavy atom. The summed E-state index contributed by atoms with van der Waals surface area (Å²) >= 11 is 3.95. The van der Waals surface area contributed by atoms with Crippen LogP contribution in [0.15, 0.2) is 37.6 Å². The molecule has 0 saturated carbocycles. The van der Waals surface area contributed by atoms with Crippen LogP contribution in [0.25, 0.3) is 0 Å². The van der Waals surface area contributed by atoms with Crippen molar-refractivity contribution in [1.29, 1.82) is 0 Å². The van der Waals surface area contributed by atoms with Crippen molar-refractivity contribution in [2.75, 3.05) is 5.75 Å². The molecule has 3 aromatic heterocycles. The molecule has 0 aromatic carbocycles. The quantitative estimate of drug-likeness (QED) is 0.101. The minimum absolute atomic E-state index is 0.0133. The van der Waals surface area contributed by atoms with Crippen LogP contribution < -0.4 is 21.7 Å². The molecule has 0 radical (unpaired) electrons. The maximum Gasteiger partial charge on any atom is 0.327 e. The topological polar surface area (TPSA) is 237 Å². The average Bonchev–Trinajstić information content (AvgIpc) is 3.65. The van der Waals surface area contributed by atoms with E-state index in [2.05, 4.69) is 58.5 Å². The molecule has 0 aliphatic rings. The monoisotopic (exact) mass is 532 g/mol. The fraction of sp³-hybridized carbons (Fsp3) is 0.381. The Labute approximate surface area is 216 Å². The summed E-state index contributed by atoms with van der Waals surface area (Å²) in [6.45, 7) is 0. The fourth-order valence-electron chi connectivity index (χ4n) is 3.39. The van der Waals surface area contributed by atoms with Crippen LogP contribution in [-0.4, -0.2) is 88.6 Å². The van der Waals surface area contributed by atoms with Crippen molar-refractivity contribution in [2.45, 2.75) is 43.4 Å². The third-order valence-electron chi connectivity index (χ3n) is 5.35. The number of amides is 3. The molecule has 3 heterocycles. The molecule has 0 spiro atoms. The first-order chi connectivity index (χ1) is 17.8. The molecule has 3 amide bonds. The second-order valence-corrected chi connectivity index (χ2v) is 8.52. The summed E-state index contributed by atoms with van der Waals surface area (Å²) in [6.07, 6.45) is 8.97. The van der Waals surface area contributed by atoms with Gasteiger partial charge in [-0.15, -0.1) is 0 Å². The first kappa shape index (κ1) is 27.4. The van der Waals surface area contributed by atoms with E-state index in [-0.39, 0.29) is 25.0 Å². The van der Waals surface area contributed by atoms with E-state index < -0.39 is 47.9 Å². The van der Waals surface area contributed by atoms with E-state index in [0.29, 0.717) is 17.1 Å². The van der Waals surface area contributed by atoms with Gasteiger partial charge in [-0.2, -0.15) is 12.6 Å². The predicted molar refractivity (Wildman–Crippen MR) is 132 cm³/mol. The van der Waals surface area contributed by atoms with E-state index in [1.807, 2.05) is 0 Å². The molecular weight excluding hydrogens is 504 g/mol. The molecule has 0 aliphatic heterocycles. The van der Waals surface area contributed by atoms with E-state index in [1.165, 1.54) is 37.6 Å². The lowest BCUT2D eigenvalue weighted by molar-refractivity contribution is -0.141. The van der Waals surface area contributed by atoms with E-state index >= 15 is 0 Å². The number of aliphatic carboxylic acids is 1. The van der Waals surface area contributed by atoms with Crippen molar-refractivity contribution in [3.8, 4) is 0 Å². The predicted octanol–water partition coefficient (Wildman–Crippen LogP) is -2.32. The highest BCUT2D eigenvalue weighted by Crippen LogP contribution is 2.05. The highest BCUT2D eigenvalue weighted by Gasteiger charge is 2.31. The first-order valence-electron chi connectivity index (χ1n) is 11.2. The molecule has 3 rings (SSSR count). The molecule has 3 aromatic rings. The second-order valence-electron chi connectivity index (χ2n) is 8.15. The van der Waals surface area contributed by atoms with Crippen LogP contribution in [0.4, 0.5) is 0 Å². The number of aromatic amines is 3. The number of nitrogens with zero attached hydrogens (tertiary/aromatic N) is 3. The summed E-state index contributed by atoms with van der Waals surface area (Å²) < 4.78 is 0. The minimum atomic E-state index is -1.27. The Morgan fingerprint density at radius 3 is 1.54 bits per heavy atom. The lowest BCUT2D eigenvalue weighted by Gasteiger charge is -2.24. The lowest BCUT2D eigenvalue weighted by atomic mass is 10.1. The Bertz CT molecular complexity index is 1150. The minimum Gasteiger partial charge on any atom is -0.480 e. The molecule has 0 bridgehead atoms. The van der Waals surface area contributed by atoms with Crippen molar-refractivity contribution < 1.29 is 24.3 Å². The third kappa shape index (κ3) is 8.18. The molecular formula is C21H28N10O5S. The molecule has 198 valence electrons. The van der Waals surface area contributed by atoms with Gasteiger partial charge in [-0.25, -0.2) is 19.7 Å². The van der Waals surface area contributed by atoms with Crippen molar-refractivity contribution >= 4 is 36.3 Å². The summed E-state index contributed by atoms with van der Waals surface area (Å²) in [7, 11) is 0. The number of nitrogens with two attached hydrogens (primary N) is 1. The number of thiol groups is 1. The van der Waals surface area contributed by atoms with Crippen LogP contribution >= 0.6 is 12.6 Å². The molecule has 0 saturated heterocycles. The van der Waals surface area contributed by atoms with Gasteiger partial charge in [-0.1, -0.05) is 0 Å². The summed E-state index contributed by atoms with van der Waals surface area (Å²) in [6, 6.07) is -4.56. The average molecular weight is 533 g/mol. The first-order valence-corrected chi connectivity index (χ1v) is 11.8. The van der Waals surface area contributed by atoms with E-state index in [4.69, 9.17) is 5.73 Å². The lowest BCUT2D eigenvalue weighted by Crippen LogP contribution is -2.58. The molecule has 9 N–H and O–H groups in total. The second kappa shape index (κ2) is 13.2. The smallest absolute Gasteiger partial charge is 0.327 e.